The van der Waals surface area contributed by atoms with E-state index in [2.05, 4.69) is 4.98 Å². The Bertz CT molecular complexity index is 956. The number of Topliss-reactive ketones (excluding diaryl/α,β-unsaturated/α-hetero) is 2. The summed E-state index contributed by atoms with van der Waals surface area (Å²) in [5.41, 5.74) is 1.69. The number of carbonyl (C=O) groups is 2. The van der Waals surface area contributed by atoms with E-state index in [1.807, 2.05) is 41.1 Å². The van der Waals surface area contributed by atoms with E-state index in [9.17, 15) is 9.59 Å². The zero-order chi connectivity index (χ0) is 18.1. The minimum atomic E-state index is -0.272. The number of hydrogen-bond donors (Lipinski definition) is 0. The normalized spacial score (nSPS) is 16.3. The van der Waals surface area contributed by atoms with Crippen LogP contribution in [0.15, 0.2) is 48.8 Å². The third-order valence-corrected chi connectivity index (χ3v) is 5.72. The van der Waals surface area contributed by atoms with E-state index in [-0.39, 0.29) is 24.0 Å². The number of aromatic nitrogens is 2. The van der Waals surface area contributed by atoms with Crippen LogP contribution in [0, 0.1) is 0 Å². The number of ketones is 2. The second-order valence-corrected chi connectivity index (χ2v) is 7.38. The van der Waals surface area contributed by atoms with Crippen molar-refractivity contribution in [3.8, 4) is 16.2 Å². The van der Waals surface area contributed by atoms with Gasteiger partial charge in [-0.3, -0.25) is 9.59 Å². The van der Waals surface area contributed by atoms with Crippen molar-refractivity contribution in [2.24, 2.45) is 0 Å². The first-order valence-corrected chi connectivity index (χ1v) is 9.29. The van der Waals surface area contributed by atoms with Gasteiger partial charge in [-0.1, -0.05) is 0 Å². The molecule has 0 N–H and O–H groups in total. The van der Waals surface area contributed by atoms with Crippen molar-refractivity contribution in [1.29, 1.82) is 0 Å². The molecule has 5 nitrogen and oxygen atoms in total. The molecule has 0 saturated carbocycles. The predicted molar refractivity (Wildman–Crippen MR) is 99.8 cm³/mol. The van der Waals surface area contributed by atoms with Gasteiger partial charge in [0, 0.05) is 18.8 Å². The second-order valence-electron chi connectivity index (χ2n) is 6.27. The summed E-state index contributed by atoms with van der Waals surface area (Å²) in [6.45, 7) is 0. The molecule has 6 heteroatoms. The maximum atomic E-state index is 12.8. The van der Waals surface area contributed by atoms with Gasteiger partial charge in [-0.25, -0.2) is 4.98 Å². The van der Waals surface area contributed by atoms with E-state index >= 15 is 0 Å². The van der Waals surface area contributed by atoms with Gasteiger partial charge in [0.2, 0.25) is 0 Å². The lowest BCUT2D eigenvalue weighted by molar-refractivity contribution is -0.121. The van der Waals surface area contributed by atoms with Gasteiger partial charge < -0.3 is 9.30 Å². The maximum Gasteiger partial charge on any atom is 0.179 e. The highest BCUT2D eigenvalue weighted by atomic mass is 32.1. The molecule has 0 aliphatic carbocycles. The van der Waals surface area contributed by atoms with Crippen molar-refractivity contribution in [2.75, 3.05) is 7.11 Å². The van der Waals surface area contributed by atoms with Crippen molar-refractivity contribution in [2.45, 2.75) is 25.3 Å². The zero-order valence-electron chi connectivity index (χ0n) is 14.3. The summed E-state index contributed by atoms with van der Waals surface area (Å²) in [6, 6.07) is 11.1. The average Bonchev–Trinajstić information content (AvgIpc) is 3.32. The highest BCUT2D eigenvalue weighted by Crippen LogP contribution is 2.30. The van der Waals surface area contributed by atoms with Crippen molar-refractivity contribution in [1.82, 2.24) is 9.55 Å². The summed E-state index contributed by atoms with van der Waals surface area (Å²) in [7, 11) is 1.64. The molecule has 1 aliphatic rings. The van der Waals surface area contributed by atoms with Crippen LogP contribution in [-0.4, -0.2) is 28.2 Å². The van der Waals surface area contributed by atoms with Crippen LogP contribution in [0.5, 0.6) is 5.75 Å². The van der Waals surface area contributed by atoms with Gasteiger partial charge in [0.05, 0.1) is 30.1 Å². The Kier molecular flexibility index (Phi) is 4.42. The molecule has 0 spiro atoms. The Morgan fingerprint density at radius 2 is 2.12 bits per heavy atom. The zero-order valence-corrected chi connectivity index (χ0v) is 15.2. The molecule has 2 aromatic heterocycles. The predicted octanol–water partition coefficient (Wildman–Crippen LogP) is 3.95. The van der Waals surface area contributed by atoms with Crippen LogP contribution in [-0.2, 0) is 11.2 Å². The molecule has 0 bridgehead atoms. The summed E-state index contributed by atoms with van der Waals surface area (Å²) in [5.74, 6) is 1.02. The summed E-state index contributed by atoms with van der Waals surface area (Å²) < 4.78 is 6.99. The number of nitrogens with zero attached hydrogens (tertiary/aromatic N) is 2. The van der Waals surface area contributed by atoms with Gasteiger partial charge in [-0.2, -0.15) is 0 Å². The van der Waals surface area contributed by atoms with Gasteiger partial charge in [0.15, 0.2) is 11.6 Å². The van der Waals surface area contributed by atoms with Gasteiger partial charge in [0.1, 0.15) is 10.8 Å². The van der Waals surface area contributed by atoms with Crippen LogP contribution < -0.4 is 4.74 Å². The Hall–Kier alpha value is -2.73. The summed E-state index contributed by atoms with van der Waals surface area (Å²) in [6.07, 6.45) is 4.91. The van der Waals surface area contributed by atoms with Crippen molar-refractivity contribution in [3.05, 3.63) is 59.5 Å². The Balaban J connectivity index is 1.50. The maximum absolute atomic E-state index is 12.8. The van der Waals surface area contributed by atoms with Crippen molar-refractivity contribution < 1.29 is 14.3 Å². The quantitative estimate of drug-likeness (QED) is 0.686. The topological polar surface area (TPSA) is 61.2 Å². The van der Waals surface area contributed by atoms with Crippen LogP contribution in [0.1, 0.15) is 34.4 Å². The number of rotatable bonds is 5. The standard InChI is InChI=1S/C20H18N2O3S/c1-25-14-6-4-13(5-7-14)19-12-21-20(26-19)11-18(24)16-8-9-17(23)15-3-2-10-22(15)16/h2-7,10,12,16H,8-9,11H2,1H3. The second kappa shape index (κ2) is 6.88. The molecule has 132 valence electrons. The minimum Gasteiger partial charge on any atom is -0.497 e. The minimum absolute atomic E-state index is 0.102. The number of fused-ring (bicyclic) bond motifs is 1. The fraction of sp³-hybridized carbons (Fsp3) is 0.250. The van der Waals surface area contributed by atoms with Crippen LogP contribution in [0.4, 0.5) is 0 Å². The molecule has 1 aliphatic heterocycles. The molecule has 4 rings (SSSR count). The first-order chi connectivity index (χ1) is 12.7. The van der Waals surface area contributed by atoms with Crippen molar-refractivity contribution >= 4 is 22.9 Å². The van der Waals surface area contributed by atoms with Gasteiger partial charge in [-0.05, 0) is 48.4 Å². The molecule has 3 aromatic rings. The van der Waals surface area contributed by atoms with E-state index in [1.54, 1.807) is 19.4 Å². The third-order valence-electron chi connectivity index (χ3n) is 4.67. The molecule has 0 radical (unpaired) electrons. The molecule has 0 fully saturated rings. The first-order valence-electron chi connectivity index (χ1n) is 8.47. The Morgan fingerprint density at radius 3 is 2.88 bits per heavy atom. The van der Waals surface area contributed by atoms with E-state index in [1.165, 1.54) is 11.3 Å². The highest BCUT2D eigenvalue weighted by Gasteiger charge is 2.29. The monoisotopic (exact) mass is 366 g/mol. The van der Waals surface area contributed by atoms with Gasteiger partial charge in [0.25, 0.3) is 0 Å². The van der Waals surface area contributed by atoms with Gasteiger partial charge in [-0.15, -0.1) is 11.3 Å². The van der Waals surface area contributed by atoms with Crippen LogP contribution in [0.2, 0.25) is 0 Å². The largest absolute Gasteiger partial charge is 0.497 e. The lowest BCUT2D eigenvalue weighted by Crippen LogP contribution is -2.28. The molecule has 3 heterocycles. The third kappa shape index (κ3) is 3.08. The number of ether oxygens (including phenoxy) is 1. The SMILES string of the molecule is COc1ccc(-c2cnc(CC(=O)C3CCC(=O)c4cccn43)s2)cc1. The Labute approximate surface area is 155 Å². The number of carbonyl (C=O) groups excluding carboxylic acids is 2. The number of methoxy groups -OCH3 is 1. The summed E-state index contributed by atoms with van der Waals surface area (Å²) in [4.78, 5) is 30.2. The average molecular weight is 366 g/mol. The highest BCUT2D eigenvalue weighted by molar-refractivity contribution is 7.15. The van der Waals surface area contributed by atoms with E-state index in [4.69, 9.17) is 4.74 Å². The molecular weight excluding hydrogens is 348 g/mol. The lowest BCUT2D eigenvalue weighted by atomic mass is 9.97. The van der Waals surface area contributed by atoms with E-state index < -0.39 is 0 Å². The lowest BCUT2D eigenvalue weighted by Gasteiger charge is -2.24. The van der Waals surface area contributed by atoms with Crippen LogP contribution in [0.3, 0.4) is 0 Å². The first kappa shape index (κ1) is 16.7. The number of benzene rings is 1. The number of hydrogen-bond acceptors (Lipinski definition) is 5. The molecule has 0 amide bonds. The summed E-state index contributed by atoms with van der Waals surface area (Å²) >= 11 is 1.53. The molecule has 1 unspecified atom stereocenters. The molecule has 1 aromatic carbocycles. The summed E-state index contributed by atoms with van der Waals surface area (Å²) in [5, 5.41) is 0.798. The van der Waals surface area contributed by atoms with Crippen molar-refractivity contribution in [3.63, 3.8) is 0 Å². The van der Waals surface area contributed by atoms with Crippen LogP contribution >= 0.6 is 11.3 Å². The fourth-order valence-corrected chi connectivity index (χ4v) is 4.23. The van der Waals surface area contributed by atoms with Crippen LogP contribution in [0.25, 0.3) is 10.4 Å². The van der Waals surface area contributed by atoms with E-state index in [0.717, 1.165) is 21.2 Å². The smallest absolute Gasteiger partial charge is 0.179 e. The molecule has 26 heavy (non-hydrogen) atoms. The van der Waals surface area contributed by atoms with Gasteiger partial charge >= 0.3 is 0 Å². The molecular formula is C20H18N2O3S. The number of thiazole rings is 1. The fourth-order valence-electron chi connectivity index (χ4n) is 3.30. The Morgan fingerprint density at radius 1 is 1.31 bits per heavy atom. The van der Waals surface area contributed by atoms with E-state index in [0.29, 0.717) is 18.5 Å². The molecule has 0 saturated heterocycles. The molecule has 1 atom stereocenters.